The van der Waals surface area contributed by atoms with Gasteiger partial charge < -0.3 is 14.2 Å². The fourth-order valence-corrected chi connectivity index (χ4v) is 10.1. The van der Waals surface area contributed by atoms with Crippen LogP contribution < -0.4 is 0 Å². The molecule has 0 aromatic rings. The summed E-state index contributed by atoms with van der Waals surface area (Å²) in [5.74, 6) is -0.894. The van der Waals surface area contributed by atoms with Gasteiger partial charge in [0, 0.05) is 19.3 Å². The molecule has 0 aromatic heterocycles. The van der Waals surface area contributed by atoms with Gasteiger partial charge in [0.15, 0.2) is 6.10 Å². The van der Waals surface area contributed by atoms with E-state index in [0.717, 1.165) is 109 Å². The van der Waals surface area contributed by atoms with Crippen LogP contribution in [0.5, 0.6) is 0 Å². The van der Waals surface area contributed by atoms with Gasteiger partial charge in [0.2, 0.25) is 0 Å². The highest BCUT2D eigenvalue weighted by Gasteiger charge is 2.19. The normalized spacial score (nSPS) is 12.5. The molecule has 0 saturated heterocycles. The van der Waals surface area contributed by atoms with Gasteiger partial charge in [-0.3, -0.25) is 14.4 Å². The SMILES string of the molecule is CCCC/C=C\C/C=C\CCCCCCCC(=O)OCC(COC(=O)CCCCCCCCCCCCCCCCCCCCCCC/C=C\C/C=C\CCCCCCC)OC(=O)CCCCCCC/C=C\C/C=C\CCCCC. The topological polar surface area (TPSA) is 78.9 Å². The molecule has 0 fully saturated rings. The lowest BCUT2D eigenvalue weighted by Crippen LogP contribution is -2.30. The highest BCUT2D eigenvalue weighted by atomic mass is 16.6. The van der Waals surface area contributed by atoms with Crippen molar-refractivity contribution in [1.82, 2.24) is 0 Å². The molecule has 464 valence electrons. The van der Waals surface area contributed by atoms with Crippen LogP contribution in [0.25, 0.3) is 0 Å². The number of allylic oxidation sites excluding steroid dienone is 12. The van der Waals surface area contributed by atoms with Gasteiger partial charge in [-0.25, -0.2) is 0 Å². The highest BCUT2D eigenvalue weighted by Crippen LogP contribution is 2.17. The molecule has 1 atom stereocenters. The first-order valence-corrected chi connectivity index (χ1v) is 34.9. The van der Waals surface area contributed by atoms with Crippen LogP contribution in [-0.4, -0.2) is 37.2 Å². The smallest absolute Gasteiger partial charge is 0.306 e. The van der Waals surface area contributed by atoms with Crippen LogP contribution in [0.1, 0.15) is 361 Å². The molecule has 0 aliphatic carbocycles. The van der Waals surface area contributed by atoms with Crippen molar-refractivity contribution in [3.8, 4) is 0 Å². The molecule has 0 bridgehead atoms. The van der Waals surface area contributed by atoms with Crippen molar-refractivity contribution in [3.63, 3.8) is 0 Å². The van der Waals surface area contributed by atoms with Gasteiger partial charge in [0.1, 0.15) is 13.2 Å². The fourth-order valence-electron chi connectivity index (χ4n) is 10.1. The number of carbonyl (C=O) groups is 3. The molecule has 6 heteroatoms. The second-order valence-electron chi connectivity index (χ2n) is 23.4. The standard InChI is InChI=1S/C74H132O6/c1-4-7-10-13-16-19-22-25-28-29-30-31-32-33-34-35-36-37-38-39-40-41-42-43-44-45-47-49-52-55-58-61-64-67-73(76)79-70-71(69-78-72(75)66-63-60-57-54-51-48-27-24-21-18-15-12-9-6-3)80-74(77)68-65-62-59-56-53-50-46-26-23-20-17-14-11-8-5-2/h15,17-18,20,22,24-27,29-30,46,71H,4-14,16,19,21,23,28,31-45,47-70H2,1-3H3/b18-15-,20-17-,25-22-,27-24-,30-29-,46-26-. The van der Waals surface area contributed by atoms with Crippen molar-refractivity contribution in [1.29, 1.82) is 0 Å². The molecule has 0 N–H and O–H groups in total. The Morgan fingerprint density at radius 1 is 0.250 bits per heavy atom. The quantitative estimate of drug-likeness (QED) is 0.0261. The lowest BCUT2D eigenvalue weighted by atomic mass is 10.0. The predicted molar refractivity (Wildman–Crippen MR) is 348 cm³/mol. The van der Waals surface area contributed by atoms with Crippen molar-refractivity contribution in [2.24, 2.45) is 0 Å². The first-order valence-electron chi connectivity index (χ1n) is 34.9. The Balaban J connectivity index is 4.14. The zero-order chi connectivity index (χ0) is 57.8. The van der Waals surface area contributed by atoms with E-state index < -0.39 is 6.10 Å². The van der Waals surface area contributed by atoms with Crippen LogP contribution in [0.4, 0.5) is 0 Å². The summed E-state index contributed by atoms with van der Waals surface area (Å²) in [5, 5.41) is 0. The summed E-state index contributed by atoms with van der Waals surface area (Å²) < 4.78 is 16.9. The molecule has 0 saturated carbocycles. The zero-order valence-corrected chi connectivity index (χ0v) is 53.3. The van der Waals surface area contributed by atoms with Crippen molar-refractivity contribution in [2.75, 3.05) is 13.2 Å². The zero-order valence-electron chi connectivity index (χ0n) is 53.3. The van der Waals surface area contributed by atoms with Crippen molar-refractivity contribution in [3.05, 3.63) is 72.9 Å². The molecule has 0 spiro atoms. The third-order valence-corrected chi connectivity index (χ3v) is 15.4. The molecule has 80 heavy (non-hydrogen) atoms. The molecule has 0 rings (SSSR count). The van der Waals surface area contributed by atoms with E-state index in [9.17, 15) is 14.4 Å². The minimum Gasteiger partial charge on any atom is -0.462 e. The monoisotopic (exact) mass is 1120 g/mol. The molecule has 0 aliphatic heterocycles. The minimum absolute atomic E-state index is 0.0825. The van der Waals surface area contributed by atoms with E-state index in [-0.39, 0.29) is 31.1 Å². The van der Waals surface area contributed by atoms with Crippen LogP contribution in [0.2, 0.25) is 0 Å². The highest BCUT2D eigenvalue weighted by molar-refractivity contribution is 5.71. The summed E-state index contributed by atoms with van der Waals surface area (Å²) in [5.41, 5.74) is 0. The maximum Gasteiger partial charge on any atom is 0.306 e. The number of ether oxygens (including phenoxy) is 3. The van der Waals surface area contributed by atoms with Gasteiger partial charge in [-0.05, 0) is 109 Å². The van der Waals surface area contributed by atoms with E-state index >= 15 is 0 Å². The van der Waals surface area contributed by atoms with E-state index in [1.807, 2.05) is 0 Å². The van der Waals surface area contributed by atoms with E-state index in [0.29, 0.717) is 19.3 Å². The van der Waals surface area contributed by atoms with Gasteiger partial charge >= 0.3 is 17.9 Å². The molecular weight excluding hydrogens is 985 g/mol. The van der Waals surface area contributed by atoms with Crippen LogP contribution >= 0.6 is 0 Å². The lowest BCUT2D eigenvalue weighted by molar-refractivity contribution is -0.167. The number of esters is 3. The number of carbonyl (C=O) groups excluding carboxylic acids is 3. The molecule has 1 unspecified atom stereocenters. The summed E-state index contributed by atoms with van der Waals surface area (Å²) in [7, 11) is 0. The Labute approximate surface area is 497 Å². The Morgan fingerprint density at radius 2 is 0.463 bits per heavy atom. The molecule has 6 nitrogen and oxygen atoms in total. The van der Waals surface area contributed by atoms with Crippen LogP contribution in [0.3, 0.4) is 0 Å². The maximum absolute atomic E-state index is 12.9. The second kappa shape index (κ2) is 68.3. The minimum atomic E-state index is -0.788. The van der Waals surface area contributed by atoms with Gasteiger partial charge in [0.25, 0.3) is 0 Å². The van der Waals surface area contributed by atoms with Gasteiger partial charge in [-0.15, -0.1) is 0 Å². The van der Waals surface area contributed by atoms with Gasteiger partial charge in [0.05, 0.1) is 0 Å². The number of hydrogen-bond donors (Lipinski definition) is 0. The lowest BCUT2D eigenvalue weighted by Gasteiger charge is -2.18. The number of unbranched alkanes of at least 4 members (excludes halogenated alkanes) is 41. The first kappa shape index (κ1) is 76.9. The van der Waals surface area contributed by atoms with E-state index in [2.05, 4.69) is 93.7 Å². The molecule has 0 radical (unpaired) electrons. The maximum atomic E-state index is 12.9. The van der Waals surface area contributed by atoms with Gasteiger partial charge in [-0.2, -0.15) is 0 Å². The summed E-state index contributed by atoms with van der Waals surface area (Å²) in [4.78, 5) is 38.3. The van der Waals surface area contributed by atoms with Gasteiger partial charge in [-0.1, -0.05) is 306 Å². The van der Waals surface area contributed by atoms with E-state index in [1.165, 1.54) is 212 Å². The Kier molecular flexibility index (Phi) is 65.7. The molecule has 0 aromatic carbocycles. The Bertz CT molecular complexity index is 1470. The molecular formula is C74H132O6. The largest absolute Gasteiger partial charge is 0.462 e. The molecule has 0 heterocycles. The second-order valence-corrected chi connectivity index (χ2v) is 23.4. The third kappa shape index (κ3) is 65.7. The van der Waals surface area contributed by atoms with Crippen LogP contribution in [0, 0.1) is 0 Å². The molecule has 0 aliphatic rings. The van der Waals surface area contributed by atoms with Crippen molar-refractivity contribution in [2.45, 2.75) is 367 Å². The number of hydrogen-bond acceptors (Lipinski definition) is 6. The van der Waals surface area contributed by atoms with E-state index in [1.54, 1.807) is 0 Å². The Hall–Kier alpha value is -3.15. The summed E-state index contributed by atoms with van der Waals surface area (Å²) in [6, 6.07) is 0. The van der Waals surface area contributed by atoms with E-state index in [4.69, 9.17) is 14.2 Å². The van der Waals surface area contributed by atoms with Crippen molar-refractivity contribution < 1.29 is 28.6 Å². The summed E-state index contributed by atoms with van der Waals surface area (Å²) >= 11 is 0. The average molecular weight is 1120 g/mol. The third-order valence-electron chi connectivity index (χ3n) is 15.4. The Morgan fingerprint density at radius 3 is 0.750 bits per heavy atom. The fraction of sp³-hybridized carbons (Fsp3) is 0.797. The summed E-state index contributed by atoms with van der Waals surface area (Å²) in [6.07, 6.45) is 89.4. The number of rotatable bonds is 64. The summed E-state index contributed by atoms with van der Waals surface area (Å²) in [6.45, 7) is 6.58. The molecule has 0 amide bonds. The first-order chi connectivity index (χ1) is 39.5. The average Bonchev–Trinajstić information content (AvgIpc) is 3.46. The van der Waals surface area contributed by atoms with Crippen LogP contribution in [0.15, 0.2) is 72.9 Å². The van der Waals surface area contributed by atoms with Crippen LogP contribution in [-0.2, 0) is 28.6 Å². The van der Waals surface area contributed by atoms with Crippen molar-refractivity contribution >= 4 is 17.9 Å². The predicted octanol–water partition coefficient (Wildman–Crippen LogP) is 24.1.